The molecule has 3 fully saturated rings. The van der Waals surface area contributed by atoms with Crippen molar-refractivity contribution in [3.63, 3.8) is 0 Å². The van der Waals surface area contributed by atoms with Crippen LogP contribution in [0.1, 0.15) is 62.5 Å². The van der Waals surface area contributed by atoms with Crippen molar-refractivity contribution >= 4 is 6.03 Å². The summed E-state index contributed by atoms with van der Waals surface area (Å²) in [6, 6.07) is 19.4. The lowest BCUT2D eigenvalue weighted by Gasteiger charge is -2.51. The van der Waals surface area contributed by atoms with Crippen LogP contribution in [0.3, 0.4) is 0 Å². The van der Waals surface area contributed by atoms with Crippen LogP contribution in [0.4, 0.5) is 4.79 Å². The van der Waals surface area contributed by atoms with Crippen molar-refractivity contribution in [2.45, 2.75) is 69.0 Å². The molecule has 0 aromatic heterocycles. The van der Waals surface area contributed by atoms with Gasteiger partial charge < -0.3 is 14.5 Å². The van der Waals surface area contributed by atoms with Gasteiger partial charge in [-0.3, -0.25) is 4.90 Å². The van der Waals surface area contributed by atoms with Gasteiger partial charge in [-0.25, -0.2) is 4.79 Å². The first-order valence-electron chi connectivity index (χ1n) is 13.4. The van der Waals surface area contributed by atoms with E-state index in [0.717, 1.165) is 62.4 Å². The van der Waals surface area contributed by atoms with Crippen molar-refractivity contribution in [1.29, 1.82) is 0 Å². The minimum Gasteiger partial charge on any atom is -0.497 e. The zero-order valence-corrected chi connectivity index (χ0v) is 21.7. The Labute approximate surface area is 211 Å². The summed E-state index contributed by atoms with van der Waals surface area (Å²) in [5, 5.41) is 0. The molecule has 2 amide bonds. The molecule has 0 radical (unpaired) electrons. The normalized spacial score (nSPS) is 27.0. The van der Waals surface area contributed by atoms with Crippen LogP contribution >= 0.6 is 0 Å². The van der Waals surface area contributed by atoms with Gasteiger partial charge in [0.1, 0.15) is 5.75 Å². The van der Waals surface area contributed by atoms with E-state index in [-0.39, 0.29) is 17.1 Å². The minimum absolute atomic E-state index is 0.0403. The molecule has 0 atom stereocenters. The quantitative estimate of drug-likeness (QED) is 0.477. The molecule has 5 heteroatoms. The van der Waals surface area contributed by atoms with Crippen LogP contribution in [-0.4, -0.2) is 60.6 Å². The molecule has 2 aromatic carbocycles. The fourth-order valence-corrected chi connectivity index (χ4v) is 6.68. The molecule has 2 saturated carbocycles. The average Bonchev–Trinajstić information content (AvgIpc) is 3.10. The zero-order valence-electron chi connectivity index (χ0n) is 21.7. The molecule has 1 aliphatic heterocycles. The topological polar surface area (TPSA) is 36.0 Å². The maximum atomic E-state index is 13.8. The lowest BCUT2D eigenvalue weighted by Crippen LogP contribution is -2.55. The number of benzene rings is 2. The van der Waals surface area contributed by atoms with Crippen LogP contribution < -0.4 is 4.74 Å². The van der Waals surface area contributed by atoms with Crippen molar-refractivity contribution in [3.8, 4) is 5.75 Å². The number of rotatable bonds is 8. The van der Waals surface area contributed by atoms with Crippen LogP contribution in [0.15, 0.2) is 54.6 Å². The Morgan fingerprint density at radius 3 is 2.23 bits per heavy atom. The smallest absolute Gasteiger partial charge is 0.320 e. The molecule has 0 bridgehead atoms. The van der Waals surface area contributed by atoms with Gasteiger partial charge in [0, 0.05) is 25.2 Å². The summed E-state index contributed by atoms with van der Waals surface area (Å²) in [6.45, 7) is 2.41. The standard InChI is InChI=1S/C30H41N3O2/c1-31(2)30(26-10-5-4-6-11-26)19-17-29(18-20-30)23-32(22-25-12-14-27(35-3)15-13-25)28(34)33(29)21-16-24-8-7-9-24/h4-6,10-15,24H,7-9,16-23H2,1-3H3/t29-,30-. The third-order valence-electron chi connectivity index (χ3n) is 9.25. The van der Waals surface area contributed by atoms with Gasteiger partial charge in [-0.2, -0.15) is 0 Å². The van der Waals surface area contributed by atoms with E-state index in [1.165, 1.54) is 24.8 Å². The number of nitrogens with zero attached hydrogens (tertiary/aromatic N) is 3. The highest BCUT2D eigenvalue weighted by Crippen LogP contribution is 2.49. The van der Waals surface area contributed by atoms with Crippen LogP contribution in [0.5, 0.6) is 5.75 Å². The first-order valence-corrected chi connectivity index (χ1v) is 13.4. The van der Waals surface area contributed by atoms with Crippen molar-refractivity contribution in [2.24, 2.45) is 5.92 Å². The molecule has 1 heterocycles. The number of carbonyl (C=O) groups is 1. The highest BCUT2D eigenvalue weighted by atomic mass is 16.5. The van der Waals surface area contributed by atoms with E-state index in [1.807, 2.05) is 12.1 Å². The predicted molar refractivity (Wildman–Crippen MR) is 140 cm³/mol. The minimum atomic E-state index is -0.0540. The lowest BCUT2D eigenvalue weighted by molar-refractivity contribution is 0.0219. The first kappa shape index (κ1) is 24.2. The molecule has 35 heavy (non-hydrogen) atoms. The number of carbonyl (C=O) groups excluding carboxylic acids is 1. The van der Waals surface area contributed by atoms with Gasteiger partial charge >= 0.3 is 6.03 Å². The summed E-state index contributed by atoms with van der Waals surface area (Å²) in [6.07, 6.45) is 9.44. The fraction of sp³-hybridized carbons (Fsp3) is 0.567. The van der Waals surface area contributed by atoms with E-state index in [9.17, 15) is 4.79 Å². The summed E-state index contributed by atoms with van der Waals surface area (Å²) < 4.78 is 5.32. The highest BCUT2D eigenvalue weighted by molar-refractivity contribution is 5.78. The maximum Gasteiger partial charge on any atom is 0.320 e. The molecule has 1 spiro atoms. The Morgan fingerprint density at radius 1 is 0.971 bits per heavy atom. The molecule has 5 rings (SSSR count). The first-order chi connectivity index (χ1) is 17.0. The van der Waals surface area contributed by atoms with Crippen molar-refractivity contribution in [1.82, 2.24) is 14.7 Å². The molecule has 0 unspecified atom stereocenters. The van der Waals surface area contributed by atoms with Gasteiger partial charge in [0.05, 0.1) is 12.6 Å². The zero-order chi connectivity index (χ0) is 24.5. The number of hydrogen-bond donors (Lipinski definition) is 0. The lowest BCUT2D eigenvalue weighted by atomic mass is 9.68. The molecule has 188 valence electrons. The summed E-state index contributed by atoms with van der Waals surface area (Å²) in [4.78, 5) is 20.6. The molecular formula is C30H41N3O2. The van der Waals surface area contributed by atoms with Crippen molar-refractivity contribution in [2.75, 3.05) is 34.3 Å². The molecule has 3 aliphatic rings. The Morgan fingerprint density at radius 2 is 1.66 bits per heavy atom. The molecular weight excluding hydrogens is 434 g/mol. The third-order valence-corrected chi connectivity index (χ3v) is 9.25. The summed E-state index contributed by atoms with van der Waals surface area (Å²) in [7, 11) is 6.12. The third kappa shape index (κ3) is 4.55. The van der Waals surface area contributed by atoms with Crippen LogP contribution in [-0.2, 0) is 12.1 Å². The molecule has 2 aliphatic carbocycles. The van der Waals surface area contributed by atoms with Gasteiger partial charge in [-0.1, -0.05) is 61.7 Å². The summed E-state index contributed by atoms with van der Waals surface area (Å²) in [5.74, 6) is 1.66. The Kier molecular flexibility index (Phi) is 6.80. The van der Waals surface area contributed by atoms with Crippen LogP contribution in [0.25, 0.3) is 0 Å². The van der Waals surface area contributed by atoms with Crippen molar-refractivity contribution in [3.05, 3.63) is 65.7 Å². The van der Waals surface area contributed by atoms with Crippen LogP contribution in [0.2, 0.25) is 0 Å². The van der Waals surface area contributed by atoms with E-state index < -0.39 is 0 Å². The second-order valence-electron chi connectivity index (χ2n) is 11.2. The van der Waals surface area contributed by atoms with Gasteiger partial charge in [-0.15, -0.1) is 0 Å². The maximum absolute atomic E-state index is 13.8. The second-order valence-corrected chi connectivity index (χ2v) is 11.2. The van der Waals surface area contributed by atoms with E-state index in [1.54, 1.807) is 7.11 Å². The van der Waals surface area contributed by atoms with Crippen molar-refractivity contribution < 1.29 is 9.53 Å². The van der Waals surface area contributed by atoms with E-state index in [4.69, 9.17) is 4.74 Å². The summed E-state index contributed by atoms with van der Waals surface area (Å²) in [5.41, 5.74) is 2.55. The molecule has 2 aromatic rings. The van der Waals surface area contributed by atoms with Gasteiger partial charge in [0.2, 0.25) is 0 Å². The largest absolute Gasteiger partial charge is 0.497 e. The number of methoxy groups -OCH3 is 1. The SMILES string of the molecule is COc1ccc(CN2C[C@]3(CC[C@@](c4ccccc4)(N(C)C)CC3)N(CCC3CCC3)C2=O)cc1. The van der Waals surface area contributed by atoms with E-state index in [0.29, 0.717) is 6.54 Å². The van der Waals surface area contributed by atoms with Gasteiger partial charge in [0.15, 0.2) is 0 Å². The number of hydrogen-bond acceptors (Lipinski definition) is 3. The Balaban J connectivity index is 1.37. The number of urea groups is 1. The monoisotopic (exact) mass is 475 g/mol. The van der Waals surface area contributed by atoms with Gasteiger partial charge in [0.25, 0.3) is 0 Å². The average molecular weight is 476 g/mol. The second kappa shape index (κ2) is 9.85. The molecule has 5 nitrogen and oxygen atoms in total. The predicted octanol–water partition coefficient (Wildman–Crippen LogP) is 5.89. The van der Waals surface area contributed by atoms with E-state index >= 15 is 0 Å². The van der Waals surface area contributed by atoms with E-state index in [2.05, 4.69) is 71.3 Å². The summed E-state index contributed by atoms with van der Waals surface area (Å²) >= 11 is 0. The highest BCUT2D eigenvalue weighted by Gasteiger charge is 2.54. The fourth-order valence-electron chi connectivity index (χ4n) is 6.68. The van der Waals surface area contributed by atoms with Gasteiger partial charge in [-0.05, 0) is 75.4 Å². The Hall–Kier alpha value is -2.53. The Bertz CT molecular complexity index is 992. The van der Waals surface area contributed by atoms with Crippen LogP contribution in [0, 0.1) is 5.92 Å². The molecule has 0 N–H and O–H groups in total. The number of ether oxygens (including phenoxy) is 1. The molecule has 1 saturated heterocycles. The number of amides is 2.